The van der Waals surface area contributed by atoms with E-state index in [2.05, 4.69) is 78.9 Å². The van der Waals surface area contributed by atoms with Crippen molar-refractivity contribution in [2.45, 2.75) is 149 Å². The molecule has 37 heavy (non-hydrogen) atoms. The van der Waals surface area contributed by atoms with Crippen LogP contribution in [-0.2, 0) is 23.4 Å². The van der Waals surface area contributed by atoms with Crippen LogP contribution in [0.5, 0.6) is 0 Å². The Bertz CT molecular complexity index is 585. The Balaban J connectivity index is 4.46. The van der Waals surface area contributed by atoms with E-state index < -0.39 is 8.32 Å². The van der Waals surface area contributed by atoms with Crippen molar-refractivity contribution in [3.63, 3.8) is 0 Å². The van der Waals surface area contributed by atoms with Crippen molar-refractivity contribution in [3.8, 4) is 0 Å². The lowest BCUT2D eigenvalue weighted by atomic mass is 10.2. The van der Waals surface area contributed by atoms with Crippen molar-refractivity contribution < 1.29 is 23.4 Å². The van der Waals surface area contributed by atoms with Crippen LogP contribution in [-0.4, -0.2) is 46.5 Å². The Kier molecular flexibility index (Phi) is 21.4. The molecule has 0 saturated carbocycles. The fourth-order valence-corrected chi connectivity index (χ4v) is 4.97. The molecule has 0 saturated heterocycles. The number of rotatable bonds is 23. The molecule has 0 aliphatic heterocycles. The van der Waals surface area contributed by atoms with Gasteiger partial charge in [0.15, 0.2) is 14.6 Å². The zero-order valence-corrected chi connectivity index (χ0v) is 26.6. The van der Waals surface area contributed by atoms with Gasteiger partial charge in [-0.3, -0.25) is 4.79 Å². The summed E-state index contributed by atoms with van der Waals surface area (Å²) in [5.41, 5.74) is 0. The van der Waals surface area contributed by atoms with Gasteiger partial charge in [0.05, 0.1) is 13.0 Å². The summed E-state index contributed by atoms with van der Waals surface area (Å²) >= 11 is 0. The zero-order valence-electron chi connectivity index (χ0n) is 25.6. The molecule has 0 amide bonds. The second kappa shape index (κ2) is 21.9. The topological polar surface area (TPSA) is 54.0 Å². The Hall–Kier alpha value is -0.953. The summed E-state index contributed by atoms with van der Waals surface area (Å²) in [6.45, 7) is 19.4. The lowest BCUT2D eigenvalue weighted by molar-refractivity contribution is -0.159. The summed E-state index contributed by atoms with van der Waals surface area (Å²) < 4.78 is 24.1. The molecule has 0 aromatic carbocycles. The SMILES string of the molecule is CC/C=C\CCCCOC(CCC(=O)OCCC(CC)O[Si](C)(C)C(C)(C)C)OCCCC/C=C\CC. The van der Waals surface area contributed by atoms with E-state index in [9.17, 15) is 4.79 Å². The van der Waals surface area contributed by atoms with Crippen molar-refractivity contribution in [3.05, 3.63) is 24.3 Å². The van der Waals surface area contributed by atoms with Gasteiger partial charge in [0.25, 0.3) is 0 Å². The van der Waals surface area contributed by atoms with Crippen LogP contribution < -0.4 is 0 Å². The predicted molar refractivity (Wildman–Crippen MR) is 159 cm³/mol. The van der Waals surface area contributed by atoms with Gasteiger partial charge >= 0.3 is 5.97 Å². The molecule has 0 heterocycles. The molecule has 0 spiro atoms. The molecule has 0 rings (SSSR count). The molecule has 0 bridgehead atoms. The third-order valence-electron chi connectivity index (χ3n) is 6.95. The lowest BCUT2D eigenvalue weighted by Crippen LogP contribution is -2.44. The van der Waals surface area contributed by atoms with Crippen LogP contribution in [0, 0.1) is 0 Å². The van der Waals surface area contributed by atoms with Crippen LogP contribution >= 0.6 is 0 Å². The van der Waals surface area contributed by atoms with E-state index in [1.807, 2.05) is 0 Å². The van der Waals surface area contributed by atoms with E-state index in [1.165, 1.54) is 0 Å². The fraction of sp³-hybridized carbons (Fsp3) is 0.839. The van der Waals surface area contributed by atoms with Crippen molar-refractivity contribution in [1.29, 1.82) is 0 Å². The van der Waals surface area contributed by atoms with Gasteiger partial charge in [-0.2, -0.15) is 0 Å². The number of carbonyl (C=O) groups excluding carboxylic acids is 1. The van der Waals surface area contributed by atoms with Gasteiger partial charge in [-0.25, -0.2) is 0 Å². The highest BCUT2D eigenvalue weighted by Crippen LogP contribution is 2.37. The number of carbonyl (C=O) groups is 1. The molecule has 0 radical (unpaired) electrons. The molecule has 1 unspecified atom stereocenters. The van der Waals surface area contributed by atoms with Gasteiger partial charge in [-0.15, -0.1) is 0 Å². The Morgan fingerprint density at radius 1 is 0.784 bits per heavy atom. The van der Waals surface area contributed by atoms with E-state index in [1.54, 1.807) is 0 Å². The number of hydrogen-bond donors (Lipinski definition) is 0. The van der Waals surface area contributed by atoms with Crippen LogP contribution in [0.1, 0.15) is 119 Å². The molecule has 6 heteroatoms. The molecule has 0 fully saturated rings. The van der Waals surface area contributed by atoms with E-state index in [4.69, 9.17) is 18.6 Å². The average Bonchev–Trinajstić information content (AvgIpc) is 2.84. The number of allylic oxidation sites excluding steroid dienone is 4. The van der Waals surface area contributed by atoms with E-state index in [0.29, 0.717) is 32.7 Å². The molecular weight excluding hydrogens is 480 g/mol. The minimum Gasteiger partial charge on any atom is -0.466 e. The van der Waals surface area contributed by atoms with Crippen molar-refractivity contribution in [2.75, 3.05) is 19.8 Å². The Morgan fingerprint density at radius 2 is 1.32 bits per heavy atom. The first-order chi connectivity index (χ1) is 17.6. The summed E-state index contributed by atoms with van der Waals surface area (Å²) in [5.74, 6) is -0.186. The molecular formula is C31H60O5Si. The maximum Gasteiger partial charge on any atom is 0.305 e. The van der Waals surface area contributed by atoms with Gasteiger partial charge in [-0.05, 0) is 75.9 Å². The first kappa shape index (κ1) is 36.0. The molecule has 218 valence electrons. The largest absolute Gasteiger partial charge is 0.466 e. The summed E-state index contributed by atoms with van der Waals surface area (Å²) in [6, 6.07) is 0. The summed E-state index contributed by atoms with van der Waals surface area (Å²) in [7, 11) is -1.83. The molecule has 0 aromatic rings. The van der Waals surface area contributed by atoms with Crippen LogP contribution in [0.2, 0.25) is 18.1 Å². The monoisotopic (exact) mass is 540 g/mol. The molecule has 0 N–H and O–H groups in total. The highest BCUT2D eigenvalue weighted by atomic mass is 28.4. The molecule has 5 nitrogen and oxygen atoms in total. The highest BCUT2D eigenvalue weighted by Gasteiger charge is 2.38. The first-order valence-electron chi connectivity index (χ1n) is 14.9. The van der Waals surface area contributed by atoms with Crippen molar-refractivity contribution >= 4 is 14.3 Å². The number of unbranched alkanes of at least 4 members (excludes halogenated alkanes) is 4. The van der Waals surface area contributed by atoms with Gasteiger partial charge in [0.2, 0.25) is 0 Å². The Morgan fingerprint density at radius 3 is 1.78 bits per heavy atom. The lowest BCUT2D eigenvalue weighted by Gasteiger charge is -2.39. The third kappa shape index (κ3) is 19.7. The summed E-state index contributed by atoms with van der Waals surface area (Å²) in [6.07, 6.45) is 19.7. The van der Waals surface area contributed by atoms with Gasteiger partial charge < -0.3 is 18.6 Å². The quantitative estimate of drug-likeness (QED) is 0.0425. The number of hydrogen-bond acceptors (Lipinski definition) is 5. The molecule has 0 aliphatic rings. The van der Waals surface area contributed by atoms with Crippen LogP contribution in [0.15, 0.2) is 24.3 Å². The highest BCUT2D eigenvalue weighted by molar-refractivity contribution is 6.74. The summed E-state index contributed by atoms with van der Waals surface area (Å²) in [5, 5.41) is 0.171. The van der Waals surface area contributed by atoms with Gasteiger partial charge in [0.1, 0.15) is 0 Å². The van der Waals surface area contributed by atoms with Crippen molar-refractivity contribution in [1.82, 2.24) is 0 Å². The van der Waals surface area contributed by atoms with E-state index in [-0.39, 0.29) is 23.4 Å². The molecule has 1 atom stereocenters. The van der Waals surface area contributed by atoms with Crippen LogP contribution in [0.4, 0.5) is 0 Å². The summed E-state index contributed by atoms with van der Waals surface area (Å²) in [4.78, 5) is 12.4. The van der Waals surface area contributed by atoms with Gasteiger partial charge in [-0.1, -0.05) is 65.8 Å². The normalized spacial score (nSPS) is 13.8. The second-order valence-corrected chi connectivity index (χ2v) is 16.1. The number of ether oxygens (including phenoxy) is 3. The smallest absolute Gasteiger partial charge is 0.305 e. The maximum atomic E-state index is 12.4. The minimum absolute atomic E-state index is 0.132. The molecule has 0 aromatic heterocycles. The first-order valence-corrected chi connectivity index (χ1v) is 17.8. The fourth-order valence-electron chi connectivity index (χ4n) is 3.49. The minimum atomic E-state index is -1.83. The van der Waals surface area contributed by atoms with E-state index in [0.717, 1.165) is 64.2 Å². The van der Waals surface area contributed by atoms with Gasteiger partial charge in [0, 0.05) is 32.2 Å². The van der Waals surface area contributed by atoms with E-state index >= 15 is 0 Å². The maximum absolute atomic E-state index is 12.4. The van der Waals surface area contributed by atoms with Crippen LogP contribution in [0.3, 0.4) is 0 Å². The van der Waals surface area contributed by atoms with Crippen molar-refractivity contribution in [2.24, 2.45) is 0 Å². The third-order valence-corrected chi connectivity index (χ3v) is 11.5. The Labute approximate surface area is 230 Å². The standard InChI is InChI=1S/C31H60O5Si/c1-9-12-14-16-18-20-25-34-30(35-26-21-19-17-15-13-10-2)23-22-29(32)33-27-24-28(11-3)36-37(7,8)31(4,5)6/h12-15,28,30H,9-11,16-27H2,1-8H3/b14-12-,15-13-. The predicted octanol–water partition coefficient (Wildman–Crippen LogP) is 9.13. The molecule has 0 aliphatic carbocycles. The number of esters is 1. The average molecular weight is 541 g/mol. The zero-order chi connectivity index (χ0) is 28.0. The van der Waals surface area contributed by atoms with Crippen LogP contribution in [0.25, 0.3) is 0 Å². The second-order valence-electron chi connectivity index (χ2n) is 11.4.